The molecule has 7 atom stereocenters. The molecule has 3 saturated carbocycles. The number of H-pyrrole nitrogens is 1. The van der Waals surface area contributed by atoms with Gasteiger partial charge in [0.05, 0.1) is 18.4 Å². The van der Waals surface area contributed by atoms with Crippen molar-refractivity contribution in [1.29, 1.82) is 0 Å². The van der Waals surface area contributed by atoms with Gasteiger partial charge < -0.3 is 4.74 Å². The van der Waals surface area contributed by atoms with Gasteiger partial charge in [0.1, 0.15) is 0 Å². The largest absolute Gasteiger partial charge is 0.375 e. The lowest BCUT2D eigenvalue weighted by molar-refractivity contribution is -0.131. The molecule has 144 valence electrons. The van der Waals surface area contributed by atoms with Crippen molar-refractivity contribution in [3.63, 3.8) is 0 Å². The van der Waals surface area contributed by atoms with Gasteiger partial charge >= 0.3 is 0 Å². The lowest BCUT2D eigenvalue weighted by Crippen LogP contribution is -2.55. The standard InChI is InChI=1S/C23H36N2O/c1-14(2)26-21-8-7-18-17-6-5-16-11-20-15(13-24-25-20)12-23(16,4)19(17)9-10-22(18,21)3/h13-14,16-19,21H,5-12H2,1-4H3,(H,24,25)/t16-,17-,18-,19-,21-,22-,23-/m0/s1. The van der Waals surface area contributed by atoms with E-state index in [0.717, 1.165) is 23.7 Å². The number of ether oxygens (including phenoxy) is 1. The summed E-state index contributed by atoms with van der Waals surface area (Å²) in [6.07, 6.45) is 13.8. The van der Waals surface area contributed by atoms with E-state index in [1.54, 1.807) is 0 Å². The quantitative estimate of drug-likeness (QED) is 0.795. The van der Waals surface area contributed by atoms with Gasteiger partial charge in [-0.3, -0.25) is 5.10 Å². The van der Waals surface area contributed by atoms with Crippen LogP contribution in [0.25, 0.3) is 0 Å². The summed E-state index contributed by atoms with van der Waals surface area (Å²) < 4.78 is 6.42. The van der Waals surface area contributed by atoms with E-state index in [1.165, 1.54) is 62.6 Å². The van der Waals surface area contributed by atoms with Crippen LogP contribution >= 0.6 is 0 Å². The summed E-state index contributed by atoms with van der Waals surface area (Å²) in [5.41, 5.74) is 3.84. The maximum atomic E-state index is 6.42. The third-order valence-corrected chi connectivity index (χ3v) is 9.24. The molecule has 1 heterocycles. The minimum Gasteiger partial charge on any atom is -0.375 e. The van der Waals surface area contributed by atoms with Crippen molar-refractivity contribution < 1.29 is 4.74 Å². The van der Waals surface area contributed by atoms with Crippen LogP contribution in [0.2, 0.25) is 0 Å². The van der Waals surface area contributed by atoms with Crippen LogP contribution in [0.5, 0.6) is 0 Å². The average molecular weight is 357 g/mol. The Kier molecular flexibility index (Phi) is 3.88. The van der Waals surface area contributed by atoms with Crippen LogP contribution in [0, 0.1) is 34.5 Å². The van der Waals surface area contributed by atoms with Gasteiger partial charge in [0.2, 0.25) is 0 Å². The van der Waals surface area contributed by atoms with Crippen LogP contribution in [0.3, 0.4) is 0 Å². The van der Waals surface area contributed by atoms with Crippen molar-refractivity contribution in [3.05, 3.63) is 17.5 Å². The zero-order valence-corrected chi connectivity index (χ0v) is 17.1. The minimum atomic E-state index is 0.361. The summed E-state index contributed by atoms with van der Waals surface area (Å²) >= 11 is 0. The Hall–Kier alpha value is -0.830. The topological polar surface area (TPSA) is 37.9 Å². The molecular formula is C23H36N2O. The van der Waals surface area contributed by atoms with E-state index >= 15 is 0 Å². The monoisotopic (exact) mass is 356 g/mol. The van der Waals surface area contributed by atoms with Gasteiger partial charge in [0.15, 0.2) is 0 Å². The molecule has 0 spiro atoms. The normalized spacial score (nSPS) is 47.2. The first-order chi connectivity index (χ1) is 12.4. The summed E-state index contributed by atoms with van der Waals surface area (Å²) in [4.78, 5) is 0. The maximum Gasteiger partial charge on any atom is 0.0635 e. The van der Waals surface area contributed by atoms with E-state index in [2.05, 4.69) is 44.1 Å². The first-order valence-electron chi connectivity index (χ1n) is 11.1. The number of hydrogen-bond donors (Lipinski definition) is 1. The number of hydrogen-bond acceptors (Lipinski definition) is 2. The molecule has 0 saturated heterocycles. The van der Waals surface area contributed by atoms with Gasteiger partial charge in [-0.1, -0.05) is 13.8 Å². The second-order valence-corrected chi connectivity index (χ2v) is 10.7. The van der Waals surface area contributed by atoms with Gasteiger partial charge in [-0.15, -0.1) is 0 Å². The molecule has 0 aliphatic heterocycles. The predicted molar refractivity (Wildman–Crippen MR) is 104 cm³/mol. The van der Waals surface area contributed by atoms with Gasteiger partial charge in [0, 0.05) is 5.69 Å². The lowest BCUT2D eigenvalue weighted by Gasteiger charge is -2.60. The zero-order valence-electron chi connectivity index (χ0n) is 17.1. The fourth-order valence-corrected chi connectivity index (χ4v) is 7.97. The third kappa shape index (κ3) is 2.31. The molecule has 3 fully saturated rings. The lowest BCUT2D eigenvalue weighted by atomic mass is 9.45. The Morgan fingerprint density at radius 3 is 2.69 bits per heavy atom. The molecule has 4 aliphatic carbocycles. The van der Waals surface area contributed by atoms with E-state index in [0.29, 0.717) is 23.0 Å². The van der Waals surface area contributed by atoms with Crippen LogP contribution in [0.15, 0.2) is 6.20 Å². The summed E-state index contributed by atoms with van der Waals surface area (Å²) in [6, 6.07) is 0. The Bertz CT molecular complexity index is 682. The molecule has 1 N–H and O–H groups in total. The molecule has 0 amide bonds. The van der Waals surface area contributed by atoms with Crippen molar-refractivity contribution in [2.75, 3.05) is 0 Å². The molecule has 26 heavy (non-hydrogen) atoms. The van der Waals surface area contributed by atoms with Gasteiger partial charge in [-0.05, 0) is 105 Å². The average Bonchev–Trinajstić information content (AvgIpc) is 3.16. The summed E-state index contributed by atoms with van der Waals surface area (Å²) in [5.74, 6) is 3.56. The van der Waals surface area contributed by atoms with Crippen LogP contribution in [-0.2, 0) is 17.6 Å². The number of fused-ring (bicyclic) bond motifs is 6. The summed E-state index contributed by atoms with van der Waals surface area (Å²) in [5, 5.41) is 7.64. The maximum absolute atomic E-state index is 6.42. The molecular weight excluding hydrogens is 320 g/mol. The summed E-state index contributed by atoms with van der Waals surface area (Å²) in [7, 11) is 0. The number of aromatic nitrogens is 2. The van der Waals surface area contributed by atoms with Gasteiger partial charge in [0.25, 0.3) is 0 Å². The minimum absolute atomic E-state index is 0.361. The fraction of sp³-hybridized carbons (Fsp3) is 0.870. The molecule has 0 aromatic carbocycles. The molecule has 1 aromatic rings. The van der Waals surface area contributed by atoms with E-state index in [-0.39, 0.29) is 0 Å². The molecule has 3 heteroatoms. The molecule has 5 rings (SSSR count). The SMILES string of the molecule is CC(C)O[C@H]1CC[C@H]2[C@@H]3CC[C@H]4Cc5[nH]ncc5C[C@]4(C)[C@H]3CC[C@]12C. The van der Waals surface area contributed by atoms with Crippen molar-refractivity contribution in [2.45, 2.75) is 91.3 Å². The highest BCUT2D eigenvalue weighted by molar-refractivity contribution is 5.25. The Morgan fingerprint density at radius 1 is 1.08 bits per heavy atom. The Balaban J connectivity index is 1.43. The van der Waals surface area contributed by atoms with E-state index < -0.39 is 0 Å². The molecule has 4 aliphatic rings. The van der Waals surface area contributed by atoms with Crippen LogP contribution < -0.4 is 0 Å². The first kappa shape index (κ1) is 17.3. The van der Waals surface area contributed by atoms with E-state index in [1.807, 2.05) is 0 Å². The Labute approximate surface area is 158 Å². The second kappa shape index (κ2) is 5.83. The summed E-state index contributed by atoms with van der Waals surface area (Å²) in [6.45, 7) is 9.61. The molecule has 3 nitrogen and oxygen atoms in total. The second-order valence-electron chi connectivity index (χ2n) is 10.7. The molecule has 0 bridgehead atoms. The van der Waals surface area contributed by atoms with Crippen molar-refractivity contribution in [1.82, 2.24) is 10.2 Å². The molecule has 1 aromatic heterocycles. The highest BCUT2D eigenvalue weighted by Crippen LogP contribution is 2.65. The number of nitrogens with zero attached hydrogens (tertiary/aromatic N) is 1. The van der Waals surface area contributed by atoms with Crippen LogP contribution in [0.1, 0.15) is 77.5 Å². The third-order valence-electron chi connectivity index (χ3n) is 9.24. The van der Waals surface area contributed by atoms with Crippen molar-refractivity contribution >= 4 is 0 Å². The number of nitrogens with one attached hydrogen (secondary N) is 1. The molecule has 0 radical (unpaired) electrons. The van der Waals surface area contributed by atoms with E-state index in [4.69, 9.17) is 4.74 Å². The fourth-order valence-electron chi connectivity index (χ4n) is 7.97. The van der Waals surface area contributed by atoms with Crippen molar-refractivity contribution in [3.8, 4) is 0 Å². The highest BCUT2D eigenvalue weighted by atomic mass is 16.5. The smallest absolute Gasteiger partial charge is 0.0635 e. The van der Waals surface area contributed by atoms with E-state index in [9.17, 15) is 0 Å². The number of aromatic amines is 1. The predicted octanol–water partition coefficient (Wildman–Crippen LogP) is 5.16. The highest BCUT2D eigenvalue weighted by Gasteiger charge is 2.60. The van der Waals surface area contributed by atoms with Gasteiger partial charge in [-0.2, -0.15) is 5.10 Å². The van der Waals surface area contributed by atoms with Crippen molar-refractivity contribution in [2.24, 2.45) is 34.5 Å². The van der Waals surface area contributed by atoms with Crippen LogP contribution in [0.4, 0.5) is 0 Å². The zero-order chi connectivity index (χ0) is 18.1. The van der Waals surface area contributed by atoms with Crippen LogP contribution in [-0.4, -0.2) is 22.4 Å². The van der Waals surface area contributed by atoms with Gasteiger partial charge in [-0.25, -0.2) is 0 Å². The number of rotatable bonds is 2. The first-order valence-corrected chi connectivity index (χ1v) is 11.1. The molecule has 0 unspecified atom stereocenters. The Morgan fingerprint density at radius 2 is 1.88 bits per heavy atom.